The summed E-state index contributed by atoms with van der Waals surface area (Å²) in [6, 6.07) is 42.6. The minimum atomic E-state index is -0.811. The number of pyridine rings is 2. The highest BCUT2D eigenvalue weighted by Crippen LogP contribution is 2.53. The molecule has 0 radical (unpaired) electrons. The van der Waals surface area contributed by atoms with E-state index in [2.05, 4.69) is 28.7 Å². The van der Waals surface area contributed by atoms with E-state index >= 15 is 0 Å². The zero-order chi connectivity index (χ0) is 39.8. The maximum atomic E-state index is 14.9. The average molecular weight is 755 g/mol. The standard InChI is InChI=1S/C49H34N6O3/c1-2-58-49-54(37-26-18-33(19-27-37)12-10-31-14-22-35(50)23-15-31)45-43-42(46(56)39-7-3-4-8-40(39)47(43)57)44(41-9-5-6-30-52-41)53-48(45)55(49)38-28-20-34(21-29-38)13-11-32-16-24-36(51)25-17-32/h3-9,14-30,49H,2,50-51H2,1H3. The Morgan fingerprint density at radius 1 is 0.586 bits per heavy atom. The number of ether oxygens (including phenoxy) is 1. The minimum absolute atomic E-state index is 0.197. The Kier molecular flexibility index (Phi) is 9.19. The van der Waals surface area contributed by atoms with Crippen molar-refractivity contribution in [1.29, 1.82) is 0 Å². The fourth-order valence-corrected chi connectivity index (χ4v) is 7.21. The van der Waals surface area contributed by atoms with Crippen LogP contribution in [0.4, 0.5) is 34.3 Å². The number of nitrogens with zero attached hydrogens (tertiary/aromatic N) is 4. The van der Waals surface area contributed by atoms with E-state index in [0.29, 0.717) is 57.7 Å². The summed E-state index contributed by atoms with van der Waals surface area (Å²) < 4.78 is 6.60. The van der Waals surface area contributed by atoms with Crippen LogP contribution in [0.2, 0.25) is 0 Å². The number of nitrogen functional groups attached to an aromatic ring is 2. The highest BCUT2D eigenvalue weighted by molar-refractivity contribution is 6.32. The van der Waals surface area contributed by atoms with Crippen LogP contribution in [0.15, 0.2) is 146 Å². The lowest BCUT2D eigenvalue weighted by molar-refractivity contribution is 0.0768. The first kappa shape index (κ1) is 35.7. The molecule has 1 atom stereocenters. The number of benzene rings is 5. The predicted octanol–water partition coefficient (Wildman–Crippen LogP) is 8.49. The highest BCUT2D eigenvalue weighted by Gasteiger charge is 2.47. The van der Waals surface area contributed by atoms with Gasteiger partial charge < -0.3 is 16.2 Å². The van der Waals surface area contributed by atoms with Crippen molar-refractivity contribution in [2.45, 2.75) is 13.3 Å². The molecule has 7 aromatic rings. The number of aromatic nitrogens is 2. The average Bonchev–Trinajstić information content (AvgIpc) is 3.58. The second-order valence-electron chi connectivity index (χ2n) is 13.7. The molecule has 0 amide bonds. The topological polar surface area (TPSA) is 128 Å². The molecule has 2 aromatic heterocycles. The number of ketones is 2. The number of nitrogens with two attached hydrogens (primary N) is 2. The molecule has 5 aromatic carbocycles. The van der Waals surface area contributed by atoms with Crippen molar-refractivity contribution in [3.05, 3.63) is 190 Å². The Labute approximate surface area is 335 Å². The molecule has 3 heterocycles. The van der Waals surface area contributed by atoms with Crippen LogP contribution in [0.1, 0.15) is 61.0 Å². The van der Waals surface area contributed by atoms with Crippen molar-refractivity contribution in [1.82, 2.24) is 9.97 Å². The van der Waals surface area contributed by atoms with Crippen molar-refractivity contribution in [3.8, 4) is 35.1 Å². The minimum Gasteiger partial charge on any atom is -0.399 e. The first-order valence-electron chi connectivity index (χ1n) is 18.7. The van der Waals surface area contributed by atoms with E-state index in [9.17, 15) is 9.59 Å². The fourth-order valence-electron chi connectivity index (χ4n) is 7.21. The van der Waals surface area contributed by atoms with Crippen LogP contribution in [-0.4, -0.2) is 34.5 Å². The van der Waals surface area contributed by atoms with Crippen molar-refractivity contribution >= 4 is 45.8 Å². The van der Waals surface area contributed by atoms with E-state index in [4.69, 9.17) is 21.2 Å². The fraction of sp³-hybridized carbons (Fsp3) is 0.0612. The van der Waals surface area contributed by atoms with Gasteiger partial charge in [-0.2, -0.15) is 0 Å². The summed E-state index contributed by atoms with van der Waals surface area (Å²) >= 11 is 0. The number of carbonyl (C=O) groups excluding carboxylic acids is 2. The van der Waals surface area contributed by atoms with Gasteiger partial charge in [0.1, 0.15) is 11.4 Å². The normalized spacial score (nSPS) is 13.8. The zero-order valence-corrected chi connectivity index (χ0v) is 31.3. The summed E-state index contributed by atoms with van der Waals surface area (Å²) in [5.74, 6) is 12.7. The Bertz CT molecular complexity index is 2850. The first-order chi connectivity index (χ1) is 28.4. The van der Waals surface area contributed by atoms with Crippen LogP contribution in [0, 0.1) is 23.7 Å². The molecule has 1 aliphatic carbocycles. The number of hydrogen-bond donors (Lipinski definition) is 2. The van der Waals surface area contributed by atoms with Gasteiger partial charge in [0.25, 0.3) is 0 Å². The zero-order valence-electron chi connectivity index (χ0n) is 31.3. The van der Waals surface area contributed by atoms with E-state index in [1.165, 1.54) is 0 Å². The van der Waals surface area contributed by atoms with Gasteiger partial charge in [-0.15, -0.1) is 0 Å². The number of hydrogen-bond acceptors (Lipinski definition) is 9. The molecule has 0 bridgehead atoms. The van der Waals surface area contributed by atoms with Gasteiger partial charge in [-0.3, -0.25) is 24.4 Å². The van der Waals surface area contributed by atoms with Gasteiger partial charge in [0.05, 0.1) is 16.8 Å². The number of carbonyl (C=O) groups is 2. The number of rotatable bonds is 5. The van der Waals surface area contributed by atoms with Crippen molar-refractivity contribution in [3.63, 3.8) is 0 Å². The molecule has 2 aliphatic rings. The lowest BCUT2D eigenvalue weighted by Crippen LogP contribution is -2.41. The molecule has 0 spiro atoms. The van der Waals surface area contributed by atoms with Crippen LogP contribution < -0.4 is 21.3 Å². The molecule has 278 valence electrons. The van der Waals surface area contributed by atoms with E-state index in [1.54, 1.807) is 42.6 Å². The SMILES string of the molecule is CCOC1N(c2ccc(C#Cc3ccc(N)cc3)cc2)c2nc(-c3ccccn3)c3c(c2N1c1ccc(C#Cc2ccc(N)cc2)cc1)C(=O)c1ccccc1C3=O. The second-order valence-corrected chi connectivity index (χ2v) is 13.7. The van der Waals surface area contributed by atoms with Gasteiger partial charge in [-0.25, -0.2) is 4.98 Å². The Morgan fingerprint density at radius 2 is 1.05 bits per heavy atom. The third-order valence-corrected chi connectivity index (χ3v) is 9.97. The Balaban J connectivity index is 1.23. The van der Waals surface area contributed by atoms with Crippen LogP contribution in [0.5, 0.6) is 0 Å². The monoisotopic (exact) mass is 754 g/mol. The van der Waals surface area contributed by atoms with Crippen molar-refractivity contribution < 1.29 is 14.3 Å². The van der Waals surface area contributed by atoms with Gasteiger partial charge in [0.15, 0.2) is 17.4 Å². The van der Waals surface area contributed by atoms with E-state index in [1.807, 2.05) is 120 Å². The molecule has 0 saturated heterocycles. The Morgan fingerprint density at radius 3 is 1.53 bits per heavy atom. The molecule has 0 saturated carbocycles. The first-order valence-corrected chi connectivity index (χ1v) is 18.7. The maximum Gasteiger partial charge on any atom is 0.220 e. The molecule has 0 fully saturated rings. The second kappa shape index (κ2) is 14.9. The number of fused-ring (bicyclic) bond motifs is 4. The Hall–Kier alpha value is -7.98. The third kappa shape index (κ3) is 6.48. The molecule has 9 nitrogen and oxygen atoms in total. The molecule has 9 rings (SSSR count). The molecule has 9 heteroatoms. The molecule has 4 N–H and O–H groups in total. The molecular formula is C49H34N6O3. The van der Waals surface area contributed by atoms with Crippen LogP contribution in [-0.2, 0) is 4.74 Å². The van der Waals surface area contributed by atoms with Crippen LogP contribution in [0.3, 0.4) is 0 Å². The summed E-state index contributed by atoms with van der Waals surface area (Å²) in [6.45, 7) is 2.24. The molecule has 1 aliphatic heterocycles. The summed E-state index contributed by atoms with van der Waals surface area (Å²) in [7, 11) is 0. The lowest BCUT2D eigenvalue weighted by Gasteiger charge is -2.32. The summed E-state index contributed by atoms with van der Waals surface area (Å²) in [5, 5.41) is 0. The van der Waals surface area contributed by atoms with Crippen LogP contribution in [0.25, 0.3) is 11.4 Å². The third-order valence-electron chi connectivity index (χ3n) is 9.97. The summed E-state index contributed by atoms with van der Waals surface area (Å²) in [4.78, 5) is 43.3. The van der Waals surface area contributed by atoms with Gasteiger partial charge >= 0.3 is 0 Å². The van der Waals surface area contributed by atoms with Crippen molar-refractivity contribution in [2.75, 3.05) is 27.9 Å². The quantitative estimate of drug-likeness (QED) is 0.131. The van der Waals surface area contributed by atoms with Gasteiger partial charge in [-0.05, 0) is 116 Å². The van der Waals surface area contributed by atoms with E-state index in [0.717, 1.165) is 27.9 Å². The van der Waals surface area contributed by atoms with Gasteiger partial charge in [0.2, 0.25) is 6.35 Å². The molecule has 58 heavy (non-hydrogen) atoms. The van der Waals surface area contributed by atoms with Gasteiger partial charge in [-0.1, -0.05) is 54.0 Å². The summed E-state index contributed by atoms with van der Waals surface area (Å²) in [6.07, 6.45) is 0.836. The largest absolute Gasteiger partial charge is 0.399 e. The predicted molar refractivity (Wildman–Crippen MR) is 227 cm³/mol. The smallest absolute Gasteiger partial charge is 0.220 e. The van der Waals surface area contributed by atoms with E-state index in [-0.39, 0.29) is 22.7 Å². The van der Waals surface area contributed by atoms with Gasteiger partial charge in [0, 0.05) is 68.9 Å². The molecule has 1 unspecified atom stereocenters. The maximum absolute atomic E-state index is 14.9. The van der Waals surface area contributed by atoms with E-state index < -0.39 is 6.35 Å². The number of anilines is 6. The lowest BCUT2D eigenvalue weighted by atomic mass is 9.82. The molecular weight excluding hydrogens is 721 g/mol. The summed E-state index contributed by atoms with van der Waals surface area (Å²) in [5.41, 5.74) is 20.1. The highest BCUT2D eigenvalue weighted by atomic mass is 16.5. The van der Waals surface area contributed by atoms with Crippen molar-refractivity contribution in [2.24, 2.45) is 0 Å². The van der Waals surface area contributed by atoms with Crippen LogP contribution >= 0.6 is 0 Å².